The average Bonchev–Trinajstić information content (AvgIpc) is 2.66. The van der Waals surface area contributed by atoms with Crippen LogP contribution in [0.25, 0.3) is 0 Å². The van der Waals surface area contributed by atoms with E-state index in [4.69, 9.17) is 4.74 Å². The van der Waals surface area contributed by atoms with Crippen molar-refractivity contribution < 1.29 is 24.0 Å². The van der Waals surface area contributed by atoms with Crippen molar-refractivity contribution in [1.29, 1.82) is 0 Å². The van der Waals surface area contributed by atoms with E-state index in [0.29, 0.717) is 5.56 Å². The number of non-ortho nitro benzene ring substituents is 1. The lowest BCUT2D eigenvalue weighted by molar-refractivity contribution is -0.384. The van der Waals surface area contributed by atoms with Crippen LogP contribution in [0.3, 0.4) is 0 Å². The molecule has 1 N–H and O–H groups in total. The lowest BCUT2D eigenvalue weighted by Crippen LogP contribution is -2.31. The molecule has 1 amide bonds. The van der Waals surface area contributed by atoms with Crippen LogP contribution < -0.4 is 5.32 Å². The Morgan fingerprint density at radius 2 is 1.85 bits per heavy atom. The molecule has 0 atom stereocenters. The molecule has 0 aliphatic heterocycles. The molecule has 0 heterocycles. The average molecular weight is 370 g/mol. The van der Waals surface area contributed by atoms with Crippen LogP contribution in [0.15, 0.2) is 42.5 Å². The number of nitrogens with one attached hydrogen (secondary N) is 1. The third-order valence-corrected chi connectivity index (χ3v) is 3.77. The van der Waals surface area contributed by atoms with Gasteiger partial charge in [0.05, 0.1) is 4.92 Å². The molecule has 0 radical (unpaired) electrons. The minimum absolute atomic E-state index is 0.0449. The molecule has 8 heteroatoms. The lowest BCUT2D eigenvalue weighted by Gasteiger charge is -2.08. The summed E-state index contributed by atoms with van der Waals surface area (Å²) in [5, 5.41) is 13.0. The molecule has 0 fully saturated rings. The van der Waals surface area contributed by atoms with Gasteiger partial charge in [0.15, 0.2) is 6.61 Å². The van der Waals surface area contributed by atoms with Gasteiger partial charge in [0.1, 0.15) is 6.54 Å². The highest BCUT2D eigenvalue weighted by molar-refractivity contribution is 6.00. The minimum atomic E-state index is -0.785. The van der Waals surface area contributed by atoms with E-state index in [-0.39, 0.29) is 17.0 Å². The normalized spacial score (nSPS) is 10.1. The summed E-state index contributed by atoms with van der Waals surface area (Å²) in [5.41, 5.74) is 1.98. The number of carbonyl (C=O) groups excluding carboxylic acids is 3. The third-order valence-electron chi connectivity index (χ3n) is 3.77. The lowest BCUT2D eigenvalue weighted by atomic mass is 10.0. The molecule has 140 valence electrons. The number of hydrogen-bond acceptors (Lipinski definition) is 6. The molecule has 27 heavy (non-hydrogen) atoms. The van der Waals surface area contributed by atoms with Gasteiger partial charge >= 0.3 is 5.97 Å². The summed E-state index contributed by atoms with van der Waals surface area (Å²) in [6.07, 6.45) is 0. The number of hydrogen-bond donors (Lipinski definition) is 1. The Bertz CT molecular complexity index is 907. The fourth-order valence-corrected chi connectivity index (χ4v) is 2.33. The van der Waals surface area contributed by atoms with Gasteiger partial charge in [0.25, 0.3) is 11.6 Å². The summed E-state index contributed by atoms with van der Waals surface area (Å²) in [5.74, 6) is -1.78. The summed E-state index contributed by atoms with van der Waals surface area (Å²) >= 11 is 0. The molecule has 2 aromatic rings. The van der Waals surface area contributed by atoms with Crippen LogP contribution >= 0.6 is 0 Å². The molecule has 0 saturated carbocycles. The number of nitro benzene ring substituents is 1. The smallest absolute Gasteiger partial charge is 0.325 e. The third kappa shape index (κ3) is 5.46. The maximum Gasteiger partial charge on any atom is 0.325 e. The van der Waals surface area contributed by atoms with Gasteiger partial charge in [-0.1, -0.05) is 23.8 Å². The Balaban J connectivity index is 1.86. The zero-order valence-electron chi connectivity index (χ0n) is 14.9. The summed E-state index contributed by atoms with van der Waals surface area (Å²) in [7, 11) is 0. The van der Waals surface area contributed by atoms with Crippen molar-refractivity contribution in [2.75, 3.05) is 13.2 Å². The molecule has 0 saturated heterocycles. The van der Waals surface area contributed by atoms with Gasteiger partial charge in [0.2, 0.25) is 5.78 Å². The van der Waals surface area contributed by atoms with Crippen molar-refractivity contribution in [2.24, 2.45) is 0 Å². The van der Waals surface area contributed by atoms with Gasteiger partial charge in [-0.25, -0.2) is 0 Å². The van der Waals surface area contributed by atoms with Gasteiger partial charge in [-0.2, -0.15) is 0 Å². The fraction of sp³-hybridized carbons (Fsp3) is 0.211. The first-order chi connectivity index (χ1) is 12.8. The Kier molecular flexibility index (Phi) is 6.37. The van der Waals surface area contributed by atoms with Gasteiger partial charge in [-0.3, -0.25) is 24.5 Å². The molecule has 0 bridgehead atoms. The Morgan fingerprint density at radius 1 is 1.11 bits per heavy atom. The fourth-order valence-electron chi connectivity index (χ4n) is 2.33. The molecule has 0 aromatic heterocycles. The van der Waals surface area contributed by atoms with Gasteiger partial charge in [-0.05, 0) is 31.5 Å². The summed E-state index contributed by atoms with van der Waals surface area (Å²) in [6, 6.07) is 10.5. The van der Waals surface area contributed by atoms with Crippen molar-refractivity contribution >= 4 is 23.3 Å². The second-order valence-electron chi connectivity index (χ2n) is 5.89. The number of amides is 1. The van der Waals surface area contributed by atoms with Crippen molar-refractivity contribution in [3.8, 4) is 0 Å². The van der Waals surface area contributed by atoms with Crippen molar-refractivity contribution in [3.05, 3.63) is 74.8 Å². The van der Waals surface area contributed by atoms with Crippen molar-refractivity contribution in [2.45, 2.75) is 13.8 Å². The SMILES string of the molecule is Cc1ccc(C)c(C(=O)COC(=O)CNC(=O)c2cccc([N+](=O)[O-])c2)c1. The predicted molar refractivity (Wildman–Crippen MR) is 96.6 cm³/mol. The number of nitro groups is 1. The van der Waals surface area contributed by atoms with Crippen LogP contribution in [0, 0.1) is 24.0 Å². The first kappa shape index (κ1) is 19.8. The van der Waals surface area contributed by atoms with Crippen LogP contribution in [0.1, 0.15) is 31.8 Å². The number of ketones is 1. The molecule has 8 nitrogen and oxygen atoms in total. The molecule has 0 aliphatic rings. The molecule has 0 aliphatic carbocycles. The van der Waals surface area contributed by atoms with Crippen LogP contribution in [0.4, 0.5) is 5.69 Å². The Labute approximate surface area is 155 Å². The Hall–Kier alpha value is -3.55. The zero-order chi connectivity index (χ0) is 20.0. The minimum Gasteiger partial charge on any atom is -0.456 e. The summed E-state index contributed by atoms with van der Waals surface area (Å²) in [4.78, 5) is 46.0. The summed E-state index contributed by atoms with van der Waals surface area (Å²) < 4.78 is 4.89. The highest BCUT2D eigenvalue weighted by Gasteiger charge is 2.15. The number of nitrogens with zero attached hydrogens (tertiary/aromatic N) is 1. The van der Waals surface area contributed by atoms with Crippen LogP contribution in [0.2, 0.25) is 0 Å². The molecule has 0 spiro atoms. The number of carbonyl (C=O) groups is 3. The highest BCUT2D eigenvalue weighted by atomic mass is 16.6. The maximum atomic E-state index is 12.2. The largest absolute Gasteiger partial charge is 0.456 e. The zero-order valence-corrected chi connectivity index (χ0v) is 14.9. The highest BCUT2D eigenvalue weighted by Crippen LogP contribution is 2.13. The number of benzene rings is 2. The molecule has 2 rings (SSSR count). The van der Waals surface area contributed by atoms with E-state index in [1.165, 1.54) is 18.2 Å². The van der Waals surface area contributed by atoms with Crippen LogP contribution in [-0.4, -0.2) is 35.7 Å². The predicted octanol–water partition coefficient (Wildman–Crippen LogP) is 2.37. The quantitative estimate of drug-likeness (QED) is 0.346. The van der Waals surface area contributed by atoms with Crippen molar-refractivity contribution in [3.63, 3.8) is 0 Å². The number of rotatable bonds is 7. The topological polar surface area (TPSA) is 116 Å². The van der Waals surface area contributed by atoms with Gasteiger partial charge in [-0.15, -0.1) is 0 Å². The molecule has 2 aromatic carbocycles. The van der Waals surface area contributed by atoms with E-state index in [2.05, 4.69) is 5.32 Å². The van der Waals surface area contributed by atoms with E-state index in [1.807, 2.05) is 19.1 Å². The Morgan fingerprint density at radius 3 is 2.56 bits per heavy atom. The van der Waals surface area contributed by atoms with Crippen LogP contribution in [0.5, 0.6) is 0 Å². The number of Topliss-reactive ketones (excluding diaryl/α,β-unsaturated/α-hetero) is 1. The standard InChI is InChI=1S/C19H18N2O6/c1-12-6-7-13(2)16(8-12)17(22)11-27-18(23)10-20-19(24)14-4-3-5-15(9-14)21(25)26/h3-9H,10-11H2,1-2H3,(H,20,24). The van der Waals surface area contributed by atoms with E-state index < -0.39 is 30.0 Å². The van der Waals surface area contributed by atoms with Gasteiger partial charge in [0, 0.05) is 23.3 Å². The summed E-state index contributed by atoms with van der Waals surface area (Å²) in [6.45, 7) is 2.75. The van der Waals surface area contributed by atoms with Crippen LogP contribution in [-0.2, 0) is 9.53 Å². The van der Waals surface area contributed by atoms with E-state index in [0.717, 1.165) is 17.2 Å². The number of ether oxygens (including phenoxy) is 1. The van der Waals surface area contributed by atoms with E-state index in [9.17, 15) is 24.5 Å². The maximum absolute atomic E-state index is 12.2. The second kappa shape index (κ2) is 8.70. The molecular weight excluding hydrogens is 352 g/mol. The number of esters is 1. The van der Waals surface area contributed by atoms with Gasteiger partial charge < -0.3 is 10.1 Å². The van der Waals surface area contributed by atoms with E-state index >= 15 is 0 Å². The number of aryl methyl sites for hydroxylation is 2. The van der Waals surface area contributed by atoms with Crippen molar-refractivity contribution in [1.82, 2.24) is 5.32 Å². The molecular formula is C19H18N2O6. The first-order valence-corrected chi connectivity index (χ1v) is 8.06. The first-order valence-electron chi connectivity index (χ1n) is 8.06. The van der Waals surface area contributed by atoms with E-state index in [1.54, 1.807) is 13.0 Å². The molecule has 0 unspecified atom stereocenters. The second-order valence-corrected chi connectivity index (χ2v) is 5.89. The monoisotopic (exact) mass is 370 g/mol.